The van der Waals surface area contributed by atoms with Crippen molar-refractivity contribution in [1.29, 1.82) is 0 Å². The number of alkyl carbamates (subject to hydrolysis) is 1. The van der Waals surface area contributed by atoms with Crippen LogP contribution in [-0.4, -0.2) is 61.8 Å². The van der Waals surface area contributed by atoms with Crippen molar-refractivity contribution in [2.75, 3.05) is 13.2 Å². The van der Waals surface area contributed by atoms with E-state index in [1.165, 1.54) is 0 Å². The molecule has 0 fully saturated rings. The van der Waals surface area contributed by atoms with Crippen LogP contribution in [0.3, 0.4) is 0 Å². The van der Waals surface area contributed by atoms with E-state index in [1.807, 2.05) is 4.57 Å². The first-order valence-electron chi connectivity index (χ1n) is 9.48. The average molecular weight is 439 g/mol. The number of aromatic nitrogens is 4. The molecule has 1 atom stereocenters. The highest BCUT2D eigenvalue weighted by Gasteiger charge is 2.20. The molecule has 164 valence electrons. The third-order valence-electron chi connectivity index (χ3n) is 4.24. The summed E-state index contributed by atoms with van der Waals surface area (Å²) in [6, 6.07) is -1.05. The molecule has 0 unspecified atom stereocenters. The van der Waals surface area contributed by atoms with Crippen LogP contribution in [0.1, 0.15) is 32.1 Å². The summed E-state index contributed by atoms with van der Waals surface area (Å²) in [7, 11) is 0. The molecule has 0 saturated heterocycles. The molecule has 0 bridgehead atoms. The number of nitrogens with two attached hydrogens (primary N) is 2. The van der Waals surface area contributed by atoms with Crippen LogP contribution < -0.4 is 16.8 Å². The molecule has 0 saturated carbocycles. The zero-order valence-electron chi connectivity index (χ0n) is 16.4. The van der Waals surface area contributed by atoms with Gasteiger partial charge in [-0.1, -0.05) is 12.2 Å². The smallest absolute Gasteiger partial charge is 0.407 e. The van der Waals surface area contributed by atoms with Crippen molar-refractivity contribution in [2.45, 2.75) is 44.7 Å². The molecule has 0 spiro atoms. The average Bonchev–Trinajstić information content (AvgIpc) is 3.11. The summed E-state index contributed by atoms with van der Waals surface area (Å²) >= 11 is 5.13. The van der Waals surface area contributed by atoms with E-state index in [4.69, 9.17) is 28.4 Å². The lowest BCUT2D eigenvalue weighted by molar-refractivity contribution is -0.139. The molecule has 7 N–H and O–H groups in total. The lowest BCUT2D eigenvalue weighted by atomic mass is 10.1. The molecule has 2 aromatic rings. The Balaban J connectivity index is 1.63. The number of aliphatic carboxylic acids is 1. The molecule has 2 heterocycles. The van der Waals surface area contributed by atoms with Gasteiger partial charge in [0.05, 0.1) is 19.3 Å². The van der Waals surface area contributed by atoms with Gasteiger partial charge in [0.25, 0.3) is 0 Å². The maximum atomic E-state index is 11.8. The normalized spacial score (nSPS) is 11.7. The number of nitrogens with one attached hydrogen (secondary N) is 2. The second-order valence-electron chi connectivity index (χ2n) is 6.52. The standard InChI is InChI=1S/C17H26N8O4S/c18-16(19)20-6-4-5-11(15(26)27)24-17(28)29-8-3-1-2-7-25-10-23-12-13(25)21-9-22-14(12)30/h9-11H,1-8H2,(H,24,28)(H,26,27)(H4,18,19,20)(H,21,22,30)/t11-/m0/s1. The maximum absolute atomic E-state index is 11.8. The number of H-pyrrole nitrogens is 1. The van der Waals surface area contributed by atoms with Gasteiger partial charge in [0, 0.05) is 13.1 Å². The Bertz CT molecular complexity index is 937. The van der Waals surface area contributed by atoms with Crippen molar-refractivity contribution < 1.29 is 19.4 Å². The fourth-order valence-electron chi connectivity index (χ4n) is 2.74. The van der Waals surface area contributed by atoms with Crippen LogP contribution in [-0.2, 0) is 16.1 Å². The molecule has 2 aromatic heterocycles. The van der Waals surface area contributed by atoms with E-state index < -0.39 is 18.1 Å². The number of rotatable bonds is 12. The number of aryl methyl sites for hydroxylation is 1. The minimum absolute atomic E-state index is 0.0595. The third-order valence-corrected chi connectivity index (χ3v) is 4.53. The molecular formula is C17H26N8O4S. The predicted molar refractivity (Wildman–Crippen MR) is 112 cm³/mol. The number of nitrogens with zero attached hydrogens (tertiary/aromatic N) is 4. The molecular weight excluding hydrogens is 412 g/mol. The number of carbonyl (C=O) groups excluding carboxylic acids is 1. The first-order chi connectivity index (χ1) is 14.4. The fraction of sp³-hybridized carbons (Fsp3) is 0.529. The van der Waals surface area contributed by atoms with Crippen molar-refractivity contribution >= 4 is 41.4 Å². The van der Waals surface area contributed by atoms with E-state index in [2.05, 4.69) is 25.3 Å². The third kappa shape index (κ3) is 7.31. The van der Waals surface area contributed by atoms with Gasteiger partial charge in [0.15, 0.2) is 10.6 Å². The van der Waals surface area contributed by atoms with Crippen LogP contribution in [0.25, 0.3) is 11.2 Å². The second kappa shape index (κ2) is 11.7. The van der Waals surface area contributed by atoms with Crippen LogP contribution >= 0.6 is 12.2 Å². The number of imidazole rings is 1. The monoisotopic (exact) mass is 438 g/mol. The Morgan fingerprint density at radius 2 is 2.10 bits per heavy atom. The van der Waals surface area contributed by atoms with Gasteiger partial charge in [-0.2, -0.15) is 0 Å². The minimum atomic E-state index is -1.14. The number of amides is 1. The zero-order valence-corrected chi connectivity index (χ0v) is 17.2. The van der Waals surface area contributed by atoms with Gasteiger partial charge < -0.3 is 36.2 Å². The number of hydrogen-bond donors (Lipinski definition) is 5. The molecule has 12 nitrogen and oxygen atoms in total. The number of carboxylic acids is 1. The maximum Gasteiger partial charge on any atom is 0.407 e. The fourth-order valence-corrected chi connectivity index (χ4v) is 2.95. The molecule has 0 aromatic carbocycles. The number of guanidine groups is 1. The number of carboxylic acid groups (broad SMARTS) is 1. The molecule has 0 radical (unpaired) electrons. The van der Waals surface area contributed by atoms with Gasteiger partial charge in [-0.3, -0.25) is 4.99 Å². The predicted octanol–water partition coefficient (Wildman–Crippen LogP) is 0.892. The summed E-state index contributed by atoms with van der Waals surface area (Å²) in [5.74, 6) is -1.20. The number of ether oxygens (including phenoxy) is 1. The van der Waals surface area contributed by atoms with E-state index in [9.17, 15) is 14.7 Å². The van der Waals surface area contributed by atoms with Crippen molar-refractivity contribution in [3.8, 4) is 0 Å². The van der Waals surface area contributed by atoms with Crippen molar-refractivity contribution in [3.05, 3.63) is 17.3 Å². The summed E-state index contributed by atoms with van der Waals surface area (Å²) in [4.78, 5) is 38.1. The van der Waals surface area contributed by atoms with E-state index in [1.54, 1.807) is 12.7 Å². The number of hydrogen-bond acceptors (Lipinski definition) is 7. The number of aliphatic imine (C=N–C) groups is 1. The van der Waals surface area contributed by atoms with Gasteiger partial charge in [-0.15, -0.1) is 0 Å². The number of fused-ring (bicyclic) bond motifs is 1. The first-order valence-corrected chi connectivity index (χ1v) is 9.89. The molecule has 0 aliphatic carbocycles. The lowest BCUT2D eigenvalue weighted by Crippen LogP contribution is -2.41. The van der Waals surface area contributed by atoms with Crippen LogP contribution in [0.5, 0.6) is 0 Å². The lowest BCUT2D eigenvalue weighted by Gasteiger charge is -2.14. The molecule has 0 aliphatic heterocycles. The van der Waals surface area contributed by atoms with Crippen LogP contribution in [0, 0.1) is 4.64 Å². The summed E-state index contributed by atoms with van der Waals surface area (Å²) in [6.45, 7) is 1.22. The van der Waals surface area contributed by atoms with Gasteiger partial charge in [-0.05, 0) is 32.1 Å². The van der Waals surface area contributed by atoms with Crippen LogP contribution in [0.2, 0.25) is 0 Å². The van der Waals surface area contributed by atoms with Crippen molar-refractivity contribution in [1.82, 2.24) is 24.8 Å². The highest BCUT2D eigenvalue weighted by atomic mass is 32.1. The number of unbranched alkanes of at least 4 members (excludes halogenated alkanes) is 2. The van der Waals surface area contributed by atoms with E-state index in [0.717, 1.165) is 25.0 Å². The first kappa shape index (κ1) is 23.1. The Morgan fingerprint density at radius 3 is 2.83 bits per heavy atom. The molecule has 2 rings (SSSR count). The second-order valence-corrected chi connectivity index (χ2v) is 6.91. The van der Waals surface area contributed by atoms with Gasteiger partial charge >= 0.3 is 12.1 Å². The highest BCUT2D eigenvalue weighted by molar-refractivity contribution is 7.71. The largest absolute Gasteiger partial charge is 0.480 e. The minimum Gasteiger partial charge on any atom is -0.480 e. The van der Waals surface area contributed by atoms with Crippen molar-refractivity contribution in [2.24, 2.45) is 16.5 Å². The molecule has 0 aliphatic rings. The summed E-state index contributed by atoms with van der Waals surface area (Å²) in [5.41, 5.74) is 11.9. The number of aromatic amines is 1. The van der Waals surface area contributed by atoms with Crippen LogP contribution in [0.4, 0.5) is 4.79 Å². The van der Waals surface area contributed by atoms with Gasteiger partial charge in [0.2, 0.25) is 0 Å². The zero-order chi connectivity index (χ0) is 21.9. The van der Waals surface area contributed by atoms with Crippen LogP contribution in [0.15, 0.2) is 17.6 Å². The Hall–Kier alpha value is -3.22. The topological polar surface area (TPSA) is 187 Å². The Labute approximate surface area is 177 Å². The Kier molecular flexibility index (Phi) is 9.00. The Morgan fingerprint density at radius 1 is 1.30 bits per heavy atom. The van der Waals surface area contributed by atoms with E-state index in [0.29, 0.717) is 23.0 Å². The number of carbonyl (C=O) groups is 2. The summed E-state index contributed by atoms with van der Waals surface area (Å²) < 4.78 is 7.48. The van der Waals surface area contributed by atoms with E-state index in [-0.39, 0.29) is 25.5 Å². The van der Waals surface area contributed by atoms with Gasteiger partial charge in [-0.25, -0.2) is 19.6 Å². The highest BCUT2D eigenvalue weighted by Crippen LogP contribution is 2.11. The summed E-state index contributed by atoms with van der Waals surface area (Å²) in [6.07, 6.45) is 5.42. The van der Waals surface area contributed by atoms with Crippen molar-refractivity contribution in [3.63, 3.8) is 0 Å². The van der Waals surface area contributed by atoms with E-state index >= 15 is 0 Å². The SMILES string of the molecule is NC(N)=NCCC[C@H](NC(=O)OCCCCCn1cnc2c(=S)nc[nH]c21)C(=O)O. The summed E-state index contributed by atoms with van der Waals surface area (Å²) in [5, 5.41) is 11.5. The molecule has 13 heteroatoms. The quantitative estimate of drug-likeness (QED) is 0.139. The molecule has 1 amide bonds. The molecule has 30 heavy (non-hydrogen) atoms. The van der Waals surface area contributed by atoms with Gasteiger partial charge in [0.1, 0.15) is 17.2 Å².